The van der Waals surface area contributed by atoms with Gasteiger partial charge in [0, 0.05) is 13.1 Å². The number of hydrogen-bond donors (Lipinski definition) is 0. The molecule has 5 heteroatoms. The van der Waals surface area contributed by atoms with E-state index in [0.717, 1.165) is 5.56 Å². The second-order valence-corrected chi connectivity index (χ2v) is 4.38. The molecule has 1 aliphatic rings. The number of ether oxygens (including phenoxy) is 1. The molecule has 1 aromatic carbocycles. The van der Waals surface area contributed by atoms with Crippen molar-refractivity contribution in [1.82, 2.24) is 4.90 Å². The third-order valence-electron chi connectivity index (χ3n) is 3.02. The third-order valence-corrected chi connectivity index (χ3v) is 3.02. The molecule has 0 amide bonds. The number of hydrogen-bond acceptors (Lipinski definition) is 2. The van der Waals surface area contributed by atoms with Crippen LogP contribution in [-0.2, 0) is 11.2 Å². The lowest BCUT2D eigenvalue weighted by molar-refractivity contribution is -0.118. The molecule has 2 rings (SSSR count). The summed E-state index contributed by atoms with van der Waals surface area (Å²) in [4.78, 5) is 1.35. The van der Waals surface area contributed by atoms with Gasteiger partial charge in [0.25, 0.3) is 0 Å². The zero-order valence-electron chi connectivity index (χ0n) is 10.5. The fraction of sp³-hybridized carbons (Fsp3) is 0.429. The maximum absolute atomic E-state index is 13.1. The fourth-order valence-electron chi connectivity index (χ4n) is 2.06. The first-order valence-corrected chi connectivity index (χ1v) is 6.21. The quantitative estimate of drug-likeness (QED) is 0.838. The predicted molar refractivity (Wildman–Crippen MR) is 66.7 cm³/mol. The van der Waals surface area contributed by atoms with E-state index in [0.29, 0.717) is 26.3 Å². The van der Waals surface area contributed by atoms with E-state index in [-0.39, 0.29) is 6.42 Å². The van der Waals surface area contributed by atoms with E-state index in [1.54, 1.807) is 0 Å². The molecule has 1 saturated heterocycles. The highest BCUT2D eigenvalue weighted by molar-refractivity contribution is 5.20. The number of nitrogens with zero attached hydrogens (tertiary/aromatic N) is 1. The van der Waals surface area contributed by atoms with Gasteiger partial charge in [-0.2, -0.15) is 13.2 Å². The summed E-state index contributed by atoms with van der Waals surface area (Å²) < 4.78 is 44.3. The summed E-state index contributed by atoms with van der Waals surface area (Å²) in [5, 5.41) is 0. The molecule has 0 radical (unpaired) electrons. The molecule has 1 heterocycles. The van der Waals surface area contributed by atoms with E-state index in [9.17, 15) is 13.2 Å². The first-order valence-electron chi connectivity index (χ1n) is 6.21. The molecule has 1 aromatic rings. The van der Waals surface area contributed by atoms with Gasteiger partial charge < -0.3 is 9.64 Å². The van der Waals surface area contributed by atoms with Crippen molar-refractivity contribution < 1.29 is 17.9 Å². The lowest BCUT2D eigenvalue weighted by atomic mass is 10.1. The van der Waals surface area contributed by atoms with Gasteiger partial charge in [-0.1, -0.05) is 36.4 Å². The van der Waals surface area contributed by atoms with Gasteiger partial charge in [-0.15, -0.1) is 0 Å². The van der Waals surface area contributed by atoms with E-state index in [1.807, 2.05) is 30.3 Å². The van der Waals surface area contributed by atoms with Gasteiger partial charge in [0.2, 0.25) is 0 Å². The molecule has 1 fully saturated rings. The van der Waals surface area contributed by atoms with Crippen molar-refractivity contribution in [1.29, 1.82) is 0 Å². The van der Waals surface area contributed by atoms with Gasteiger partial charge >= 0.3 is 6.18 Å². The maximum atomic E-state index is 13.1. The zero-order valence-corrected chi connectivity index (χ0v) is 10.5. The number of alkyl halides is 3. The average molecular weight is 271 g/mol. The molecular weight excluding hydrogens is 255 g/mol. The second-order valence-electron chi connectivity index (χ2n) is 4.38. The first kappa shape index (κ1) is 13.9. The minimum absolute atomic E-state index is 0.285. The first-order chi connectivity index (χ1) is 9.07. The largest absolute Gasteiger partial charge is 0.430 e. The molecule has 0 bridgehead atoms. The van der Waals surface area contributed by atoms with Crippen molar-refractivity contribution in [2.75, 3.05) is 26.3 Å². The van der Waals surface area contributed by atoms with Crippen LogP contribution in [0.25, 0.3) is 0 Å². The van der Waals surface area contributed by atoms with Crippen molar-refractivity contribution in [2.45, 2.75) is 12.6 Å². The van der Waals surface area contributed by atoms with Crippen molar-refractivity contribution in [3.05, 3.63) is 47.7 Å². The summed E-state index contributed by atoms with van der Waals surface area (Å²) >= 11 is 0. The SMILES string of the molecule is FC(F)(F)/C(=C\Cc1ccccc1)N1CCOCC1. The lowest BCUT2D eigenvalue weighted by Crippen LogP contribution is -2.40. The molecule has 0 atom stereocenters. The lowest BCUT2D eigenvalue weighted by Gasteiger charge is -2.32. The highest BCUT2D eigenvalue weighted by atomic mass is 19.4. The van der Waals surface area contributed by atoms with Crippen LogP contribution in [0, 0.1) is 0 Å². The number of halogens is 3. The Labute approximate surface area is 110 Å². The smallest absolute Gasteiger partial charge is 0.378 e. The topological polar surface area (TPSA) is 12.5 Å². The van der Waals surface area contributed by atoms with Crippen LogP contribution >= 0.6 is 0 Å². The molecule has 0 spiro atoms. The Balaban J connectivity index is 2.13. The third kappa shape index (κ3) is 3.99. The van der Waals surface area contributed by atoms with Gasteiger partial charge in [0.05, 0.1) is 13.2 Å². The average Bonchev–Trinajstić information content (AvgIpc) is 2.40. The molecule has 19 heavy (non-hydrogen) atoms. The monoisotopic (exact) mass is 271 g/mol. The van der Waals surface area contributed by atoms with E-state index in [4.69, 9.17) is 4.74 Å². The van der Waals surface area contributed by atoms with Crippen LogP contribution in [0.1, 0.15) is 5.56 Å². The molecule has 0 saturated carbocycles. The minimum atomic E-state index is -4.31. The van der Waals surface area contributed by atoms with Crippen LogP contribution in [0.2, 0.25) is 0 Å². The number of rotatable bonds is 3. The molecule has 0 aliphatic carbocycles. The minimum Gasteiger partial charge on any atom is -0.378 e. The Hall–Kier alpha value is -1.49. The van der Waals surface area contributed by atoms with Crippen molar-refractivity contribution >= 4 is 0 Å². The zero-order chi connectivity index (χ0) is 13.7. The van der Waals surface area contributed by atoms with Crippen molar-refractivity contribution in [3.8, 4) is 0 Å². The van der Waals surface area contributed by atoms with Crippen LogP contribution in [-0.4, -0.2) is 37.4 Å². The fourth-order valence-corrected chi connectivity index (χ4v) is 2.06. The summed E-state index contributed by atoms with van der Waals surface area (Å²) in [6, 6.07) is 9.14. The van der Waals surface area contributed by atoms with Crippen molar-refractivity contribution in [3.63, 3.8) is 0 Å². The summed E-state index contributed by atoms with van der Waals surface area (Å²) in [5.74, 6) is 0. The number of allylic oxidation sites excluding steroid dienone is 2. The van der Waals surface area contributed by atoms with Gasteiger partial charge in [-0.25, -0.2) is 0 Å². The van der Waals surface area contributed by atoms with E-state index in [1.165, 1.54) is 11.0 Å². The van der Waals surface area contributed by atoms with Crippen LogP contribution in [0.15, 0.2) is 42.1 Å². The molecule has 0 aromatic heterocycles. The number of morpholine rings is 1. The van der Waals surface area contributed by atoms with Gasteiger partial charge in [0.1, 0.15) is 5.70 Å². The van der Waals surface area contributed by atoms with E-state index < -0.39 is 11.9 Å². The second kappa shape index (κ2) is 6.10. The number of benzene rings is 1. The van der Waals surface area contributed by atoms with Gasteiger partial charge in [-0.05, 0) is 12.0 Å². The molecule has 2 nitrogen and oxygen atoms in total. The predicted octanol–water partition coefficient (Wildman–Crippen LogP) is 3.01. The molecule has 104 valence electrons. The van der Waals surface area contributed by atoms with Crippen LogP contribution in [0.4, 0.5) is 13.2 Å². The standard InChI is InChI=1S/C14H16F3NO/c15-14(16,17)13(18-8-10-19-11-9-18)7-6-12-4-2-1-3-5-12/h1-5,7H,6,8-11H2/b13-7+. The van der Waals surface area contributed by atoms with E-state index >= 15 is 0 Å². The Kier molecular flexibility index (Phi) is 4.47. The summed E-state index contributed by atoms with van der Waals surface area (Å²) in [6.45, 7) is 1.28. The molecular formula is C14H16F3NO. The van der Waals surface area contributed by atoms with Gasteiger partial charge in [-0.3, -0.25) is 0 Å². The van der Waals surface area contributed by atoms with E-state index in [2.05, 4.69) is 0 Å². The Morgan fingerprint density at radius 1 is 1.16 bits per heavy atom. The van der Waals surface area contributed by atoms with Gasteiger partial charge in [0.15, 0.2) is 0 Å². The highest BCUT2D eigenvalue weighted by Crippen LogP contribution is 2.29. The van der Waals surface area contributed by atoms with Crippen LogP contribution < -0.4 is 0 Å². The summed E-state index contributed by atoms with van der Waals surface area (Å²) in [6.07, 6.45) is -2.76. The Bertz CT molecular complexity index is 422. The summed E-state index contributed by atoms with van der Waals surface area (Å²) in [7, 11) is 0. The Morgan fingerprint density at radius 2 is 1.79 bits per heavy atom. The maximum Gasteiger partial charge on any atom is 0.430 e. The highest BCUT2D eigenvalue weighted by Gasteiger charge is 2.37. The van der Waals surface area contributed by atoms with Crippen molar-refractivity contribution in [2.24, 2.45) is 0 Å². The summed E-state index contributed by atoms with van der Waals surface area (Å²) in [5.41, 5.74) is 0.317. The molecule has 0 unspecified atom stereocenters. The normalized spacial score (nSPS) is 17.6. The Morgan fingerprint density at radius 3 is 2.37 bits per heavy atom. The molecule has 0 N–H and O–H groups in total. The van der Waals surface area contributed by atoms with Crippen LogP contribution in [0.5, 0.6) is 0 Å². The van der Waals surface area contributed by atoms with Crippen LogP contribution in [0.3, 0.4) is 0 Å². The molecule has 1 aliphatic heterocycles.